The molecule has 3 heterocycles. The number of nitrogens with zero attached hydrogens (tertiary/aromatic N) is 3. The first kappa shape index (κ1) is 20.2. The van der Waals surface area contributed by atoms with Gasteiger partial charge >= 0.3 is 0 Å². The topological polar surface area (TPSA) is 77.0 Å². The third kappa shape index (κ3) is 5.49. The van der Waals surface area contributed by atoms with Crippen LogP contribution in [0.25, 0.3) is 11.3 Å². The number of amides is 1. The average Bonchev–Trinajstić information content (AvgIpc) is 3.48. The van der Waals surface area contributed by atoms with E-state index in [2.05, 4.69) is 25.6 Å². The fourth-order valence-electron chi connectivity index (χ4n) is 2.82. The molecule has 0 aliphatic carbocycles. The number of rotatable bonds is 9. The number of thiazole rings is 2. The lowest BCUT2D eigenvalue weighted by Gasteiger charge is -2.08. The first-order valence-corrected chi connectivity index (χ1v) is 11.3. The Balaban J connectivity index is 1.23. The number of nitrogens with one attached hydrogen (secondary N) is 1. The first-order chi connectivity index (χ1) is 14.8. The van der Waals surface area contributed by atoms with E-state index in [9.17, 15) is 4.79 Å². The molecule has 1 aromatic carbocycles. The van der Waals surface area contributed by atoms with E-state index in [4.69, 9.17) is 4.74 Å². The molecule has 4 rings (SSSR count). The van der Waals surface area contributed by atoms with Gasteiger partial charge in [0.1, 0.15) is 12.4 Å². The number of carbonyl (C=O) groups is 1. The van der Waals surface area contributed by atoms with Gasteiger partial charge in [-0.05, 0) is 36.8 Å². The molecule has 4 aromatic rings. The zero-order valence-corrected chi connectivity index (χ0v) is 17.8. The summed E-state index contributed by atoms with van der Waals surface area (Å²) in [6.07, 6.45) is 5.19. The van der Waals surface area contributed by atoms with Crippen molar-refractivity contribution >= 4 is 28.6 Å². The molecule has 152 valence electrons. The van der Waals surface area contributed by atoms with Crippen LogP contribution in [0.2, 0.25) is 0 Å². The Morgan fingerprint density at radius 2 is 2.03 bits per heavy atom. The average molecular weight is 437 g/mol. The largest absolute Gasteiger partial charge is 0.487 e. The van der Waals surface area contributed by atoms with Crippen LogP contribution in [0.15, 0.2) is 65.1 Å². The number of hydrogen-bond acceptors (Lipinski definition) is 7. The van der Waals surface area contributed by atoms with Gasteiger partial charge in [0.05, 0.1) is 21.9 Å². The molecule has 6 nitrogen and oxygen atoms in total. The van der Waals surface area contributed by atoms with Crippen LogP contribution in [0.4, 0.5) is 0 Å². The van der Waals surface area contributed by atoms with Gasteiger partial charge < -0.3 is 10.1 Å². The SMILES string of the molecule is O=C(NCCCc1nc(-c2ccncc2)cs1)c1cccc(OCc2cscn2)c1. The third-order valence-corrected chi connectivity index (χ3v) is 5.89. The molecule has 0 bridgehead atoms. The highest BCUT2D eigenvalue weighted by atomic mass is 32.1. The second-order valence-corrected chi connectivity index (χ2v) is 8.18. The predicted molar refractivity (Wildman–Crippen MR) is 119 cm³/mol. The number of carbonyl (C=O) groups excluding carboxylic acids is 1. The van der Waals surface area contributed by atoms with Crippen LogP contribution in [-0.2, 0) is 13.0 Å². The molecular formula is C22H20N4O2S2. The lowest BCUT2D eigenvalue weighted by molar-refractivity contribution is 0.0952. The van der Waals surface area contributed by atoms with Crippen molar-refractivity contribution in [3.8, 4) is 17.0 Å². The van der Waals surface area contributed by atoms with Gasteiger partial charge in [-0.3, -0.25) is 9.78 Å². The van der Waals surface area contributed by atoms with E-state index < -0.39 is 0 Å². The zero-order chi connectivity index (χ0) is 20.6. The summed E-state index contributed by atoms with van der Waals surface area (Å²) in [5.74, 6) is 0.549. The van der Waals surface area contributed by atoms with Crippen molar-refractivity contribution in [1.82, 2.24) is 20.3 Å². The number of hydrogen-bond donors (Lipinski definition) is 1. The van der Waals surface area contributed by atoms with Crippen molar-refractivity contribution in [3.63, 3.8) is 0 Å². The second-order valence-electron chi connectivity index (χ2n) is 6.52. The summed E-state index contributed by atoms with van der Waals surface area (Å²) in [5, 5.41) is 8.03. The molecule has 30 heavy (non-hydrogen) atoms. The number of benzene rings is 1. The normalized spacial score (nSPS) is 10.7. The first-order valence-electron chi connectivity index (χ1n) is 9.51. The molecule has 0 radical (unpaired) electrons. The standard InChI is InChI=1S/C22H20N4O2S2/c27-22(17-3-1-4-19(11-17)28-12-18-13-29-15-25-18)24-8-2-5-21-26-20(14-30-21)16-6-9-23-10-7-16/h1,3-4,6-7,9-11,13-15H,2,5,8,12H2,(H,24,27). The summed E-state index contributed by atoms with van der Waals surface area (Å²) < 4.78 is 5.72. The summed E-state index contributed by atoms with van der Waals surface area (Å²) in [7, 11) is 0. The highest BCUT2D eigenvalue weighted by molar-refractivity contribution is 7.10. The number of ether oxygens (including phenoxy) is 1. The van der Waals surface area contributed by atoms with Crippen LogP contribution >= 0.6 is 22.7 Å². The van der Waals surface area contributed by atoms with Crippen molar-refractivity contribution in [1.29, 1.82) is 0 Å². The molecule has 1 amide bonds. The number of aryl methyl sites for hydroxylation is 1. The maximum absolute atomic E-state index is 12.4. The van der Waals surface area contributed by atoms with E-state index in [1.807, 2.05) is 29.6 Å². The van der Waals surface area contributed by atoms with Crippen molar-refractivity contribution in [2.45, 2.75) is 19.4 Å². The van der Waals surface area contributed by atoms with Gasteiger partial charge in [-0.25, -0.2) is 9.97 Å². The van der Waals surface area contributed by atoms with Crippen LogP contribution in [-0.4, -0.2) is 27.4 Å². The molecule has 1 N–H and O–H groups in total. The van der Waals surface area contributed by atoms with E-state index in [-0.39, 0.29) is 5.91 Å². The van der Waals surface area contributed by atoms with Gasteiger partial charge in [0.15, 0.2) is 0 Å². The zero-order valence-electron chi connectivity index (χ0n) is 16.2. The molecule has 0 saturated carbocycles. The molecule has 0 atom stereocenters. The molecular weight excluding hydrogens is 416 g/mol. The van der Waals surface area contributed by atoms with E-state index in [0.717, 1.165) is 34.8 Å². The second kappa shape index (κ2) is 10.1. The Hall–Kier alpha value is -3.10. The van der Waals surface area contributed by atoms with Crippen molar-refractivity contribution in [2.75, 3.05) is 6.54 Å². The summed E-state index contributed by atoms with van der Waals surface area (Å²) in [4.78, 5) is 25.3. The lowest BCUT2D eigenvalue weighted by atomic mass is 10.2. The third-order valence-electron chi connectivity index (χ3n) is 4.35. The van der Waals surface area contributed by atoms with Gasteiger partial charge in [-0.15, -0.1) is 22.7 Å². The van der Waals surface area contributed by atoms with Crippen LogP contribution in [0.1, 0.15) is 27.5 Å². The van der Waals surface area contributed by atoms with Crippen molar-refractivity contribution in [3.05, 3.63) is 81.3 Å². The molecule has 0 spiro atoms. The minimum atomic E-state index is -0.106. The molecule has 0 unspecified atom stereocenters. The Morgan fingerprint density at radius 3 is 2.87 bits per heavy atom. The van der Waals surface area contributed by atoms with Gasteiger partial charge in [-0.1, -0.05) is 6.07 Å². The van der Waals surface area contributed by atoms with E-state index in [1.165, 1.54) is 11.3 Å². The maximum atomic E-state index is 12.4. The van der Waals surface area contributed by atoms with Crippen LogP contribution in [0.5, 0.6) is 5.75 Å². The lowest BCUT2D eigenvalue weighted by Crippen LogP contribution is -2.24. The number of pyridine rings is 1. The van der Waals surface area contributed by atoms with Gasteiger partial charge in [0.25, 0.3) is 5.91 Å². The van der Waals surface area contributed by atoms with Gasteiger partial charge in [0, 0.05) is 47.2 Å². The Bertz CT molecular complexity index is 1080. The molecule has 8 heteroatoms. The van der Waals surface area contributed by atoms with Crippen molar-refractivity contribution < 1.29 is 9.53 Å². The molecule has 3 aromatic heterocycles. The fraction of sp³-hybridized carbons (Fsp3) is 0.182. The van der Waals surface area contributed by atoms with Gasteiger partial charge in [0.2, 0.25) is 0 Å². The summed E-state index contributed by atoms with van der Waals surface area (Å²) >= 11 is 3.17. The Morgan fingerprint density at radius 1 is 1.13 bits per heavy atom. The molecule has 0 fully saturated rings. The fourth-order valence-corrected chi connectivity index (χ4v) is 4.21. The number of aromatic nitrogens is 3. The Kier molecular flexibility index (Phi) is 6.79. The van der Waals surface area contributed by atoms with E-state index in [0.29, 0.717) is 24.5 Å². The maximum Gasteiger partial charge on any atom is 0.251 e. The quantitative estimate of drug-likeness (QED) is 0.388. The van der Waals surface area contributed by atoms with E-state index >= 15 is 0 Å². The van der Waals surface area contributed by atoms with Crippen LogP contribution in [0, 0.1) is 0 Å². The minimum Gasteiger partial charge on any atom is -0.487 e. The summed E-state index contributed by atoms with van der Waals surface area (Å²) in [6.45, 7) is 0.983. The summed E-state index contributed by atoms with van der Waals surface area (Å²) in [6, 6.07) is 11.1. The van der Waals surface area contributed by atoms with Crippen LogP contribution in [0.3, 0.4) is 0 Å². The van der Waals surface area contributed by atoms with Gasteiger partial charge in [-0.2, -0.15) is 0 Å². The predicted octanol–water partition coefficient (Wildman–Crippen LogP) is 4.60. The minimum absolute atomic E-state index is 0.106. The monoisotopic (exact) mass is 436 g/mol. The Labute approximate surface area is 182 Å². The molecule has 0 aliphatic rings. The molecule has 0 aliphatic heterocycles. The smallest absolute Gasteiger partial charge is 0.251 e. The highest BCUT2D eigenvalue weighted by Crippen LogP contribution is 2.21. The van der Waals surface area contributed by atoms with E-state index in [1.54, 1.807) is 41.4 Å². The van der Waals surface area contributed by atoms with Crippen molar-refractivity contribution in [2.24, 2.45) is 0 Å². The highest BCUT2D eigenvalue weighted by Gasteiger charge is 2.08. The molecule has 0 saturated heterocycles. The summed E-state index contributed by atoms with van der Waals surface area (Å²) in [5.41, 5.74) is 5.27. The van der Waals surface area contributed by atoms with Crippen LogP contribution < -0.4 is 10.1 Å².